The summed E-state index contributed by atoms with van der Waals surface area (Å²) in [6, 6.07) is 3.42. The summed E-state index contributed by atoms with van der Waals surface area (Å²) >= 11 is 5.60. The minimum Gasteiger partial charge on any atom is -0.480 e. The van der Waals surface area contributed by atoms with Gasteiger partial charge in [-0.25, -0.2) is 4.39 Å². The molecule has 0 saturated carbocycles. The molecule has 0 aliphatic carbocycles. The number of nitrogens with two attached hydrogens (primary N) is 1. The lowest BCUT2D eigenvalue weighted by atomic mass is 10.2. The van der Waals surface area contributed by atoms with Crippen LogP contribution in [0.25, 0.3) is 6.08 Å². The van der Waals surface area contributed by atoms with Crippen LogP contribution in [0.4, 0.5) is 4.39 Å². The van der Waals surface area contributed by atoms with Gasteiger partial charge in [-0.2, -0.15) is 0 Å². The maximum atomic E-state index is 13.5. The summed E-state index contributed by atoms with van der Waals surface area (Å²) in [4.78, 5) is 21.9. The SMILES string of the molecule is Cl.N[C@@H](CCNC(=O)/C=C/c1cccc(Cl)c1F)C(=O)O. The number of aliphatic carboxylic acids is 1. The molecule has 0 unspecified atom stereocenters. The molecule has 0 heterocycles. The second-order valence-corrected chi connectivity index (χ2v) is 4.41. The molecule has 21 heavy (non-hydrogen) atoms. The number of rotatable bonds is 6. The van der Waals surface area contributed by atoms with E-state index < -0.39 is 23.7 Å². The molecule has 0 spiro atoms. The second kappa shape index (κ2) is 9.33. The Hall–Kier alpha value is -1.63. The second-order valence-electron chi connectivity index (χ2n) is 4.00. The first-order chi connectivity index (χ1) is 9.41. The van der Waals surface area contributed by atoms with Crippen molar-refractivity contribution in [3.63, 3.8) is 0 Å². The molecule has 1 atom stereocenters. The molecule has 1 amide bonds. The number of amides is 1. The number of hydrogen-bond acceptors (Lipinski definition) is 3. The van der Waals surface area contributed by atoms with E-state index in [1.807, 2.05) is 0 Å². The Balaban J connectivity index is 0.00000400. The third-order valence-corrected chi connectivity index (χ3v) is 2.76. The zero-order valence-electron chi connectivity index (χ0n) is 10.9. The third-order valence-electron chi connectivity index (χ3n) is 2.47. The lowest BCUT2D eigenvalue weighted by molar-refractivity contribution is -0.138. The van der Waals surface area contributed by atoms with Crippen LogP contribution in [0.1, 0.15) is 12.0 Å². The normalized spacial score (nSPS) is 11.8. The van der Waals surface area contributed by atoms with Gasteiger partial charge in [-0.15, -0.1) is 12.4 Å². The molecule has 0 bridgehead atoms. The Labute approximate surface area is 132 Å². The van der Waals surface area contributed by atoms with E-state index >= 15 is 0 Å². The van der Waals surface area contributed by atoms with Gasteiger partial charge in [0.1, 0.15) is 11.9 Å². The minimum atomic E-state index is -1.13. The van der Waals surface area contributed by atoms with Crippen LogP contribution in [-0.4, -0.2) is 29.6 Å². The zero-order chi connectivity index (χ0) is 15.1. The first-order valence-electron chi connectivity index (χ1n) is 5.80. The Morgan fingerprint density at radius 2 is 2.14 bits per heavy atom. The summed E-state index contributed by atoms with van der Waals surface area (Å²) < 4.78 is 13.5. The van der Waals surface area contributed by atoms with Crippen LogP contribution < -0.4 is 11.1 Å². The van der Waals surface area contributed by atoms with Crippen LogP contribution in [0, 0.1) is 5.82 Å². The lowest BCUT2D eigenvalue weighted by Crippen LogP contribution is -2.34. The smallest absolute Gasteiger partial charge is 0.320 e. The van der Waals surface area contributed by atoms with Crippen molar-refractivity contribution in [2.75, 3.05) is 6.54 Å². The highest BCUT2D eigenvalue weighted by atomic mass is 35.5. The fraction of sp³-hybridized carbons (Fsp3) is 0.231. The van der Waals surface area contributed by atoms with Gasteiger partial charge < -0.3 is 16.2 Å². The van der Waals surface area contributed by atoms with Crippen LogP contribution in [0.5, 0.6) is 0 Å². The third kappa shape index (κ3) is 6.57. The fourth-order valence-corrected chi connectivity index (χ4v) is 1.53. The highest BCUT2D eigenvalue weighted by Gasteiger charge is 2.10. The van der Waals surface area contributed by atoms with E-state index in [-0.39, 0.29) is 36.0 Å². The van der Waals surface area contributed by atoms with E-state index in [0.717, 1.165) is 6.08 Å². The highest BCUT2D eigenvalue weighted by Crippen LogP contribution is 2.18. The van der Waals surface area contributed by atoms with Gasteiger partial charge in [-0.1, -0.05) is 23.7 Å². The van der Waals surface area contributed by atoms with Crippen molar-refractivity contribution in [1.82, 2.24) is 5.32 Å². The van der Waals surface area contributed by atoms with E-state index in [9.17, 15) is 14.0 Å². The number of nitrogens with one attached hydrogen (secondary N) is 1. The van der Waals surface area contributed by atoms with Crippen molar-refractivity contribution < 1.29 is 19.1 Å². The minimum absolute atomic E-state index is 0. The average Bonchev–Trinajstić information content (AvgIpc) is 2.40. The molecule has 0 aliphatic heterocycles. The van der Waals surface area contributed by atoms with Gasteiger partial charge in [0.05, 0.1) is 5.02 Å². The molecular formula is C13H15Cl2FN2O3. The number of halogens is 3. The lowest BCUT2D eigenvalue weighted by Gasteiger charge is -2.06. The van der Waals surface area contributed by atoms with Crippen molar-refractivity contribution in [3.05, 3.63) is 40.7 Å². The largest absolute Gasteiger partial charge is 0.480 e. The monoisotopic (exact) mass is 336 g/mol. The van der Waals surface area contributed by atoms with Gasteiger partial charge in [-0.05, 0) is 18.6 Å². The molecule has 0 saturated heterocycles. The summed E-state index contributed by atoms with van der Waals surface area (Å²) in [5.41, 5.74) is 5.46. The van der Waals surface area contributed by atoms with Gasteiger partial charge in [0.15, 0.2) is 0 Å². The predicted octanol–water partition coefficient (Wildman–Crippen LogP) is 1.83. The number of carbonyl (C=O) groups is 2. The van der Waals surface area contributed by atoms with Gasteiger partial charge in [0, 0.05) is 18.2 Å². The number of carboxylic acids is 1. The van der Waals surface area contributed by atoms with Crippen LogP contribution in [0.3, 0.4) is 0 Å². The Morgan fingerprint density at radius 3 is 2.76 bits per heavy atom. The van der Waals surface area contributed by atoms with E-state index in [4.69, 9.17) is 22.4 Å². The molecule has 5 nitrogen and oxygen atoms in total. The average molecular weight is 337 g/mol. The molecule has 4 N–H and O–H groups in total. The van der Waals surface area contributed by atoms with E-state index in [2.05, 4.69) is 5.32 Å². The molecule has 116 valence electrons. The molecule has 0 aromatic heterocycles. The number of carboxylic acid groups (broad SMARTS) is 1. The molecule has 0 aliphatic rings. The van der Waals surface area contributed by atoms with Crippen molar-refractivity contribution in [3.8, 4) is 0 Å². The molecule has 0 fully saturated rings. The number of carbonyl (C=O) groups excluding carboxylic acids is 1. The van der Waals surface area contributed by atoms with Crippen LogP contribution in [0.15, 0.2) is 24.3 Å². The number of benzene rings is 1. The van der Waals surface area contributed by atoms with Crippen molar-refractivity contribution in [1.29, 1.82) is 0 Å². The molecule has 1 aromatic carbocycles. The fourth-order valence-electron chi connectivity index (χ4n) is 1.35. The van der Waals surface area contributed by atoms with E-state index in [1.165, 1.54) is 18.2 Å². The molecule has 1 rings (SSSR count). The van der Waals surface area contributed by atoms with Gasteiger partial charge >= 0.3 is 5.97 Å². The maximum Gasteiger partial charge on any atom is 0.320 e. The van der Waals surface area contributed by atoms with Crippen molar-refractivity contribution in [2.45, 2.75) is 12.5 Å². The maximum absolute atomic E-state index is 13.5. The Kier molecular flexibility index (Phi) is 8.61. The number of hydrogen-bond donors (Lipinski definition) is 3. The summed E-state index contributed by atoms with van der Waals surface area (Å²) in [5, 5.41) is 11.0. The first kappa shape index (κ1) is 19.4. The Bertz CT molecular complexity index is 538. The molecular weight excluding hydrogens is 322 g/mol. The standard InChI is InChI=1S/C13H14ClFN2O3.ClH/c14-9-3-1-2-8(12(9)15)4-5-11(18)17-7-6-10(16)13(19)20;/h1-5,10H,6-7,16H2,(H,17,18)(H,19,20);1H/b5-4+;/t10-;/m0./s1. The molecule has 1 aromatic rings. The van der Waals surface area contributed by atoms with Gasteiger partial charge in [0.2, 0.25) is 5.91 Å². The van der Waals surface area contributed by atoms with E-state index in [0.29, 0.717) is 0 Å². The van der Waals surface area contributed by atoms with E-state index in [1.54, 1.807) is 6.07 Å². The Morgan fingerprint density at radius 1 is 1.48 bits per heavy atom. The van der Waals surface area contributed by atoms with Gasteiger partial charge in [-0.3, -0.25) is 9.59 Å². The first-order valence-corrected chi connectivity index (χ1v) is 6.18. The van der Waals surface area contributed by atoms with Crippen LogP contribution in [0.2, 0.25) is 5.02 Å². The van der Waals surface area contributed by atoms with Crippen molar-refractivity contribution in [2.24, 2.45) is 5.73 Å². The quantitative estimate of drug-likeness (QED) is 0.691. The molecule has 8 heteroatoms. The summed E-state index contributed by atoms with van der Waals surface area (Å²) in [7, 11) is 0. The zero-order valence-corrected chi connectivity index (χ0v) is 12.5. The summed E-state index contributed by atoms with van der Waals surface area (Å²) in [5.74, 6) is -2.20. The van der Waals surface area contributed by atoms with Crippen LogP contribution >= 0.6 is 24.0 Å². The summed E-state index contributed by atoms with van der Waals surface area (Å²) in [6.07, 6.45) is 2.54. The van der Waals surface area contributed by atoms with Crippen LogP contribution in [-0.2, 0) is 9.59 Å². The highest BCUT2D eigenvalue weighted by molar-refractivity contribution is 6.30. The topological polar surface area (TPSA) is 92.4 Å². The predicted molar refractivity (Wildman–Crippen MR) is 80.9 cm³/mol. The van der Waals surface area contributed by atoms with Crippen molar-refractivity contribution >= 4 is 42.0 Å². The summed E-state index contributed by atoms with van der Waals surface area (Å²) in [6.45, 7) is 0.120. The van der Waals surface area contributed by atoms with Gasteiger partial charge in [0.25, 0.3) is 0 Å². The molecule has 0 radical (unpaired) electrons.